The highest BCUT2D eigenvalue weighted by atomic mass is 32.2. The second-order valence-corrected chi connectivity index (χ2v) is 9.98. The zero-order valence-corrected chi connectivity index (χ0v) is 21.4. The molecular formula is C27H30N2O6S. The summed E-state index contributed by atoms with van der Waals surface area (Å²) < 4.78 is 38.7. The predicted octanol–water partition coefficient (Wildman–Crippen LogP) is 5.08. The number of ether oxygens (including phenoxy) is 2. The third kappa shape index (κ3) is 7.58. The fraction of sp³-hybridized carbons (Fsp3) is 0.259. The molecule has 0 aliphatic heterocycles. The van der Waals surface area contributed by atoms with E-state index in [-0.39, 0.29) is 11.5 Å². The third-order valence-corrected chi connectivity index (χ3v) is 6.66. The van der Waals surface area contributed by atoms with Gasteiger partial charge in [-0.05, 0) is 86.0 Å². The van der Waals surface area contributed by atoms with E-state index in [0.717, 1.165) is 24.0 Å². The van der Waals surface area contributed by atoms with Gasteiger partial charge in [0.2, 0.25) is 0 Å². The normalized spacial score (nSPS) is 11.0. The highest BCUT2D eigenvalue weighted by Crippen LogP contribution is 2.22. The van der Waals surface area contributed by atoms with Gasteiger partial charge >= 0.3 is 5.97 Å². The van der Waals surface area contributed by atoms with Gasteiger partial charge in [0.05, 0.1) is 22.8 Å². The summed E-state index contributed by atoms with van der Waals surface area (Å²) in [4.78, 5) is 24.3. The Morgan fingerprint density at radius 3 is 2.28 bits per heavy atom. The Morgan fingerprint density at radius 1 is 0.917 bits per heavy atom. The largest absolute Gasteiger partial charge is 0.484 e. The topological polar surface area (TPSA) is 111 Å². The van der Waals surface area contributed by atoms with Crippen molar-refractivity contribution in [2.45, 2.75) is 38.5 Å². The molecule has 0 atom stereocenters. The number of benzene rings is 3. The summed E-state index contributed by atoms with van der Waals surface area (Å²) in [5.74, 6) is -0.457. The van der Waals surface area contributed by atoms with Crippen molar-refractivity contribution in [1.82, 2.24) is 0 Å². The lowest BCUT2D eigenvalue weighted by molar-refractivity contribution is -0.118. The van der Waals surface area contributed by atoms with Crippen molar-refractivity contribution in [3.05, 3.63) is 83.4 Å². The van der Waals surface area contributed by atoms with E-state index in [1.54, 1.807) is 30.3 Å². The van der Waals surface area contributed by atoms with Crippen LogP contribution < -0.4 is 14.8 Å². The van der Waals surface area contributed by atoms with Crippen molar-refractivity contribution in [3.63, 3.8) is 0 Å². The highest BCUT2D eigenvalue weighted by molar-refractivity contribution is 7.92. The van der Waals surface area contributed by atoms with Gasteiger partial charge in [0.1, 0.15) is 5.75 Å². The Balaban J connectivity index is 1.52. The number of carbonyl (C=O) groups is 2. The molecule has 0 radical (unpaired) electrons. The molecule has 36 heavy (non-hydrogen) atoms. The number of hydrogen-bond acceptors (Lipinski definition) is 6. The Kier molecular flexibility index (Phi) is 9.08. The average molecular weight is 511 g/mol. The first-order chi connectivity index (χ1) is 17.2. The number of carbonyl (C=O) groups excluding carboxylic acids is 2. The van der Waals surface area contributed by atoms with E-state index >= 15 is 0 Å². The molecule has 9 heteroatoms. The SMILES string of the molecule is CCCCOC(=O)c1ccc(NC(=O)COc2ccc(S(=O)(=O)Nc3cc(C)ccc3C)cc2)cc1. The van der Waals surface area contributed by atoms with Gasteiger partial charge in [-0.3, -0.25) is 9.52 Å². The minimum Gasteiger partial charge on any atom is -0.484 e. The van der Waals surface area contributed by atoms with E-state index < -0.39 is 21.9 Å². The molecule has 0 fully saturated rings. The third-order valence-electron chi connectivity index (χ3n) is 5.28. The summed E-state index contributed by atoms with van der Waals surface area (Å²) >= 11 is 0. The molecule has 0 saturated heterocycles. The Morgan fingerprint density at radius 2 is 1.61 bits per heavy atom. The Hall–Kier alpha value is -3.85. The number of anilines is 2. The minimum atomic E-state index is -3.78. The van der Waals surface area contributed by atoms with E-state index in [9.17, 15) is 18.0 Å². The quantitative estimate of drug-likeness (QED) is 0.275. The van der Waals surface area contributed by atoms with E-state index in [1.807, 2.05) is 32.9 Å². The maximum atomic E-state index is 12.7. The number of aryl methyl sites for hydroxylation is 2. The maximum Gasteiger partial charge on any atom is 0.338 e. The fourth-order valence-electron chi connectivity index (χ4n) is 3.19. The molecule has 3 aromatic carbocycles. The molecule has 2 N–H and O–H groups in total. The highest BCUT2D eigenvalue weighted by Gasteiger charge is 2.16. The zero-order chi connectivity index (χ0) is 26.1. The zero-order valence-electron chi connectivity index (χ0n) is 20.5. The standard InChI is InChI=1S/C27H30N2O6S/c1-4-5-16-34-27(31)21-8-10-22(11-9-21)28-26(30)18-35-23-12-14-24(15-13-23)36(32,33)29-25-17-19(2)6-7-20(25)3/h6-15,17,29H,4-5,16,18H2,1-3H3,(H,28,30). The molecule has 3 aromatic rings. The van der Waals surface area contributed by atoms with Crippen LogP contribution in [0.15, 0.2) is 71.6 Å². The first-order valence-electron chi connectivity index (χ1n) is 11.6. The number of esters is 1. The molecule has 0 bridgehead atoms. The van der Waals surface area contributed by atoms with Gasteiger partial charge in [0, 0.05) is 5.69 Å². The van der Waals surface area contributed by atoms with E-state index in [2.05, 4.69) is 10.0 Å². The molecule has 3 rings (SSSR count). The van der Waals surface area contributed by atoms with Gasteiger partial charge in [0.15, 0.2) is 6.61 Å². The van der Waals surface area contributed by atoms with E-state index in [0.29, 0.717) is 29.3 Å². The summed E-state index contributed by atoms with van der Waals surface area (Å²) in [5.41, 5.74) is 3.20. The molecule has 1 amide bonds. The first kappa shape index (κ1) is 26.7. The van der Waals surface area contributed by atoms with Crippen LogP contribution in [0.2, 0.25) is 0 Å². The molecule has 0 aliphatic carbocycles. The van der Waals surface area contributed by atoms with Crippen LogP contribution in [0.3, 0.4) is 0 Å². The van der Waals surface area contributed by atoms with Crippen LogP contribution in [-0.2, 0) is 19.6 Å². The second kappa shape index (κ2) is 12.2. The average Bonchev–Trinajstić information content (AvgIpc) is 2.85. The molecule has 8 nitrogen and oxygen atoms in total. The van der Waals surface area contributed by atoms with Crippen LogP contribution >= 0.6 is 0 Å². The number of hydrogen-bond donors (Lipinski definition) is 2. The number of nitrogens with one attached hydrogen (secondary N) is 2. The van der Waals surface area contributed by atoms with Crippen LogP contribution in [-0.4, -0.2) is 33.5 Å². The molecule has 0 aliphatic rings. The number of unbranched alkanes of at least 4 members (excludes halogenated alkanes) is 1. The molecule has 0 saturated carbocycles. The van der Waals surface area contributed by atoms with Gasteiger partial charge in [-0.1, -0.05) is 25.5 Å². The molecule has 190 valence electrons. The van der Waals surface area contributed by atoms with Gasteiger partial charge in [-0.2, -0.15) is 0 Å². The van der Waals surface area contributed by atoms with Crippen molar-refractivity contribution in [3.8, 4) is 5.75 Å². The summed E-state index contributed by atoms with van der Waals surface area (Å²) in [6.45, 7) is 5.84. The monoisotopic (exact) mass is 510 g/mol. The lowest BCUT2D eigenvalue weighted by Gasteiger charge is -2.12. The van der Waals surface area contributed by atoms with Crippen molar-refractivity contribution in [1.29, 1.82) is 0 Å². The molecular weight excluding hydrogens is 480 g/mol. The van der Waals surface area contributed by atoms with E-state index in [4.69, 9.17) is 9.47 Å². The Bertz CT molecular complexity index is 1300. The summed E-state index contributed by atoms with van der Waals surface area (Å²) in [7, 11) is -3.78. The lowest BCUT2D eigenvalue weighted by atomic mass is 10.1. The molecule has 0 spiro atoms. The van der Waals surface area contributed by atoms with Crippen LogP contribution in [0.5, 0.6) is 5.75 Å². The van der Waals surface area contributed by atoms with Gasteiger partial charge in [0.25, 0.3) is 15.9 Å². The second-order valence-electron chi connectivity index (χ2n) is 8.30. The summed E-state index contributed by atoms with van der Waals surface area (Å²) in [5, 5.41) is 2.68. The first-order valence-corrected chi connectivity index (χ1v) is 13.1. The van der Waals surface area contributed by atoms with Crippen LogP contribution in [0, 0.1) is 13.8 Å². The van der Waals surface area contributed by atoms with Gasteiger partial charge in [-0.25, -0.2) is 13.2 Å². The minimum absolute atomic E-state index is 0.0773. The maximum absolute atomic E-state index is 12.7. The molecule has 0 heterocycles. The summed E-state index contributed by atoms with van der Waals surface area (Å²) in [6.07, 6.45) is 1.75. The van der Waals surface area contributed by atoms with Crippen molar-refractivity contribution >= 4 is 33.3 Å². The van der Waals surface area contributed by atoms with Crippen molar-refractivity contribution in [2.24, 2.45) is 0 Å². The molecule has 0 aromatic heterocycles. The van der Waals surface area contributed by atoms with Crippen molar-refractivity contribution < 1.29 is 27.5 Å². The molecule has 0 unspecified atom stereocenters. The van der Waals surface area contributed by atoms with Gasteiger partial charge < -0.3 is 14.8 Å². The van der Waals surface area contributed by atoms with Crippen LogP contribution in [0.1, 0.15) is 41.3 Å². The fourth-order valence-corrected chi connectivity index (χ4v) is 4.31. The number of rotatable bonds is 11. The predicted molar refractivity (Wildman–Crippen MR) is 139 cm³/mol. The Labute approximate surface area is 211 Å². The lowest BCUT2D eigenvalue weighted by Crippen LogP contribution is -2.20. The van der Waals surface area contributed by atoms with Crippen molar-refractivity contribution in [2.75, 3.05) is 23.3 Å². The van der Waals surface area contributed by atoms with Crippen LogP contribution in [0.25, 0.3) is 0 Å². The smallest absolute Gasteiger partial charge is 0.338 e. The number of sulfonamides is 1. The van der Waals surface area contributed by atoms with E-state index in [1.165, 1.54) is 24.3 Å². The summed E-state index contributed by atoms with van der Waals surface area (Å²) in [6, 6.07) is 17.7. The van der Waals surface area contributed by atoms with Gasteiger partial charge in [-0.15, -0.1) is 0 Å². The number of amides is 1. The van der Waals surface area contributed by atoms with Crippen LogP contribution in [0.4, 0.5) is 11.4 Å².